The number of para-hydroxylation sites is 1. The maximum Gasteiger partial charge on any atom is 0.416 e. The van der Waals surface area contributed by atoms with E-state index in [1.165, 1.54) is 28.9 Å². The molecule has 0 aliphatic carbocycles. The summed E-state index contributed by atoms with van der Waals surface area (Å²) in [5.74, 6) is 0. The Hall–Kier alpha value is -2.21. The van der Waals surface area contributed by atoms with Crippen LogP contribution in [0.3, 0.4) is 0 Å². The summed E-state index contributed by atoms with van der Waals surface area (Å²) >= 11 is 0. The normalized spacial score (nSPS) is 18.1. The van der Waals surface area contributed by atoms with E-state index in [1.807, 2.05) is 14.1 Å². The van der Waals surface area contributed by atoms with Gasteiger partial charge in [-0.25, -0.2) is 0 Å². The summed E-state index contributed by atoms with van der Waals surface area (Å²) in [6.45, 7) is 1.75. The van der Waals surface area contributed by atoms with E-state index in [0.717, 1.165) is 38.0 Å². The molecule has 2 aliphatic rings. The Morgan fingerprint density at radius 2 is 2.00 bits per heavy atom. The maximum atomic E-state index is 13.3. The Morgan fingerprint density at radius 1 is 1.19 bits per heavy atom. The quantitative estimate of drug-likeness (QED) is 0.792. The van der Waals surface area contributed by atoms with Crippen LogP contribution >= 0.6 is 0 Å². The minimum absolute atomic E-state index is 0.00485. The molecule has 0 amide bonds. The van der Waals surface area contributed by atoms with Gasteiger partial charge in [-0.15, -0.1) is 0 Å². The van der Waals surface area contributed by atoms with Gasteiger partial charge in [-0.1, -0.05) is 18.2 Å². The van der Waals surface area contributed by atoms with E-state index >= 15 is 0 Å². The van der Waals surface area contributed by atoms with Gasteiger partial charge in [0, 0.05) is 12.2 Å². The Labute approximate surface area is 157 Å². The lowest BCUT2D eigenvalue weighted by Gasteiger charge is -2.22. The fourth-order valence-corrected chi connectivity index (χ4v) is 4.18. The lowest BCUT2D eigenvalue weighted by molar-refractivity contribution is -0.137. The zero-order valence-corrected chi connectivity index (χ0v) is 15.6. The third-order valence-corrected chi connectivity index (χ3v) is 5.44. The number of halogens is 3. The molecule has 2 aliphatic heterocycles. The Kier molecular flexibility index (Phi) is 4.54. The molecule has 3 nitrogen and oxygen atoms in total. The second kappa shape index (κ2) is 6.75. The van der Waals surface area contributed by atoms with E-state index in [-0.39, 0.29) is 6.04 Å². The predicted octanol–water partition coefficient (Wildman–Crippen LogP) is 5.21. The number of rotatable bonds is 4. The van der Waals surface area contributed by atoms with Crippen LogP contribution in [-0.2, 0) is 12.6 Å². The highest BCUT2D eigenvalue weighted by molar-refractivity contribution is 5.84. The van der Waals surface area contributed by atoms with Gasteiger partial charge in [-0.3, -0.25) is 0 Å². The van der Waals surface area contributed by atoms with E-state index in [0.29, 0.717) is 5.69 Å². The Morgan fingerprint density at radius 3 is 2.74 bits per heavy atom. The van der Waals surface area contributed by atoms with Crippen LogP contribution in [0.2, 0.25) is 0 Å². The maximum absolute atomic E-state index is 13.3. The fourth-order valence-electron chi connectivity index (χ4n) is 4.18. The standard InChI is InChI=1S/C21H24F3N3/c1-26(2)11-4-7-17-16-6-3-5-14-10-12-27(20(14)16)19-9-8-15(21(22,23)24)13-18(19)25-17/h3,5-6,8-9,13,17,25H,4,7,10-12H2,1-2H3. The van der Waals surface area contributed by atoms with Gasteiger partial charge in [0.1, 0.15) is 0 Å². The number of hydrogen-bond acceptors (Lipinski definition) is 3. The molecule has 1 N–H and O–H groups in total. The van der Waals surface area contributed by atoms with Crippen molar-refractivity contribution < 1.29 is 13.2 Å². The molecule has 2 aromatic rings. The van der Waals surface area contributed by atoms with Crippen molar-refractivity contribution in [3.05, 3.63) is 53.1 Å². The van der Waals surface area contributed by atoms with Crippen LogP contribution in [-0.4, -0.2) is 32.1 Å². The summed E-state index contributed by atoms with van der Waals surface area (Å²) < 4.78 is 39.8. The van der Waals surface area contributed by atoms with Crippen LogP contribution in [0.25, 0.3) is 0 Å². The Bertz CT molecular complexity index is 845. The van der Waals surface area contributed by atoms with Crippen LogP contribution in [0.4, 0.5) is 30.2 Å². The average Bonchev–Trinajstić information content (AvgIpc) is 2.98. The molecule has 1 atom stereocenters. The fraction of sp³-hybridized carbons (Fsp3) is 0.429. The van der Waals surface area contributed by atoms with Gasteiger partial charge < -0.3 is 15.1 Å². The van der Waals surface area contributed by atoms with E-state index in [4.69, 9.17) is 0 Å². The van der Waals surface area contributed by atoms with Crippen molar-refractivity contribution in [2.24, 2.45) is 0 Å². The number of fused-ring (bicyclic) bond motifs is 2. The molecule has 2 heterocycles. The SMILES string of the molecule is CN(C)CCCC1Nc2cc(C(F)(F)F)ccc2N2CCc3cccc1c32. The number of hydrogen-bond donors (Lipinski definition) is 1. The molecule has 0 spiro atoms. The van der Waals surface area contributed by atoms with Crippen molar-refractivity contribution in [2.45, 2.75) is 31.5 Å². The highest BCUT2D eigenvalue weighted by Gasteiger charge is 2.35. The molecule has 0 saturated heterocycles. The first-order valence-corrected chi connectivity index (χ1v) is 9.36. The molecule has 27 heavy (non-hydrogen) atoms. The molecular formula is C21H24F3N3. The summed E-state index contributed by atoms with van der Waals surface area (Å²) in [7, 11) is 4.07. The third-order valence-electron chi connectivity index (χ3n) is 5.44. The number of anilines is 3. The topological polar surface area (TPSA) is 18.5 Å². The molecule has 0 aromatic heterocycles. The Balaban J connectivity index is 1.77. The first-order valence-electron chi connectivity index (χ1n) is 9.36. The lowest BCUT2D eigenvalue weighted by atomic mass is 9.97. The van der Waals surface area contributed by atoms with Crippen LogP contribution < -0.4 is 10.2 Å². The van der Waals surface area contributed by atoms with Gasteiger partial charge in [0.15, 0.2) is 0 Å². The van der Waals surface area contributed by atoms with Crippen molar-refractivity contribution in [1.29, 1.82) is 0 Å². The molecular weight excluding hydrogens is 351 g/mol. The van der Waals surface area contributed by atoms with Gasteiger partial charge in [0.25, 0.3) is 0 Å². The molecule has 6 heteroatoms. The van der Waals surface area contributed by atoms with Crippen LogP contribution in [0.15, 0.2) is 36.4 Å². The molecule has 2 aromatic carbocycles. The number of nitrogens with zero attached hydrogens (tertiary/aromatic N) is 2. The van der Waals surface area contributed by atoms with E-state index in [2.05, 4.69) is 33.3 Å². The van der Waals surface area contributed by atoms with E-state index < -0.39 is 11.7 Å². The van der Waals surface area contributed by atoms with Gasteiger partial charge in [0.2, 0.25) is 0 Å². The van der Waals surface area contributed by atoms with Gasteiger partial charge in [-0.05, 0) is 69.2 Å². The molecule has 0 saturated carbocycles. The highest BCUT2D eigenvalue weighted by Crippen LogP contribution is 2.48. The second-order valence-electron chi connectivity index (χ2n) is 7.63. The highest BCUT2D eigenvalue weighted by atomic mass is 19.4. The smallest absolute Gasteiger partial charge is 0.376 e. The molecule has 0 radical (unpaired) electrons. The average molecular weight is 375 g/mol. The molecule has 0 fully saturated rings. The number of benzene rings is 2. The summed E-state index contributed by atoms with van der Waals surface area (Å²) in [6.07, 6.45) is -1.57. The van der Waals surface area contributed by atoms with Crippen LogP contribution in [0.5, 0.6) is 0 Å². The monoisotopic (exact) mass is 375 g/mol. The molecule has 0 bridgehead atoms. The number of nitrogens with one attached hydrogen (secondary N) is 1. The minimum atomic E-state index is -4.34. The third kappa shape index (κ3) is 3.38. The van der Waals surface area contributed by atoms with Gasteiger partial charge >= 0.3 is 6.18 Å². The zero-order valence-electron chi connectivity index (χ0n) is 15.6. The zero-order chi connectivity index (χ0) is 19.2. The van der Waals surface area contributed by atoms with Crippen molar-refractivity contribution >= 4 is 17.1 Å². The van der Waals surface area contributed by atoms with Crippen LogP contribution in [0, 0.1) is 0 Å². The first-order chi connectivity index (χ1) is 12.8. The first kappa shape index (κ1) is 18.2. The summed E-state index contributed by atoms with van der Waals surface area (Å²) in [5.41, 5.74) is 4.45. The lowest BCUT2D eigenvalue weighted by Crippen LogP contribution is -2.16. The van der Waals surface area contributed by atoms with Crippen LogP contribution in [0.1, 0.15) is 35.6 Å². The van der Waals surface area contributed by atoms with Crippen molar-refractivity contribution in [3.8, 4) is 0 Å². The largest absolute Gasteiger partial charge is 0.416 e. The second-order valence-corrected chi connectivity index (χ2v) is 7.63. The molecule has 144 valence electrons. The molecule has 4 rings (SSSR count). The van der Waals surface area contributed by atoms with E-state index in [9.17, 15) is 13.2 Å². The van der Waals surface area contributed by atoms with Crippen molar-refractivity contribution in [2.75, 3.05) is 37.4 Å². The minimum Gasteiger partial charge on any atom is -0.376 e. The van der Waals surface area contributed by atoms with Crippen molar-refractivity contribution in [3.63, 3.8) is 0 Å². The summed E-state index contributed by atoms with van der Waals surface area (Å²) in [6, 6.07) is 10.4. The number of alkyl halides is 3. The predicted molar refractivity (Wildman–Crippen MR) is 103 cm³/mol. The summed E-state index contributed by atoms with van der Waals surface area (Å²) in [4.78, 5) is 4.31. The summed E-state index contributed by atoms with van der Waals surface area (Å²) in [5, 5.41) is 3.43. The van der Waals surface area contributed by atoms with Crippen molar-refractivity contribution in [1.82, 2.24) is 4.90 Å². The van der Waals surface area contributed by atoms with Gasteiger partial charge in [-0.2, -0.15) is 13.2 Å². The van der Waals surface area contributed by atoms with Gasteiger partial charge in [0.05, 0.1) is 23.0 Å². The molecule has 1 unspecified atom stereocenters. The van der Waals surface area contributed by atoms with E-state index in [1.54, 1.807) is 6.07 Å².